The van der Waals surface area contributed by atoms with Crippen LogP contribution in [0.4, 0.5) is 11.4 Å². The molecular weight excluding hydrogens is 432 g/mol. The van der Waals surface area contributed by atoms with Crippen LogP contribution >= 0.6 is 11.3 Å². The molecule has 0 radical (unpaired) electrons. The number of aryl methyl sites for hydroxylation is 3. The fourth-order valence-corrected chi connectivity index (χ4v) is 5.41. The Morgan fingerprint density at radius 3 is 2.79 bits per heavy atom. The van der Waals surface area contributed by atoms with E-state index in [0.717, 1.165) is 46.0 Å². The monoisotopic (exact) mass is 458 g/mol. The van der Waals surface area contributed by atoms with Gasteiger partial charge in [-0.2, -0.15) is 0 Å². The van der Waals surface area contributed by atoms with Crippen LogP contribution in [0, 0.1) is 13.8 Å². The number of para-hydroxylation sites is 2. The number of hydrogen-bond acceptors (Lipinski definition) is 5. The maximum Gasteiger partial charge on any atom is 0.262 e. The van der Waals surface area contributed by atoms with Crippen LogP contribution in [0.25, 0.3) is 10.2 Å². The van der Waals surface area contributed by atoms with Crippen molar-refractivity contribution in [3.63, 3.8) is 0 Å². The van der Waals surface area contributed by atoms with Crippen molar-refractivity contribution < 1.29 is 4.79 Å². The van der Waals surface area contributed by atoms with E-state index < -0.39 is 0 Å². The number of carbonyl (C=O) groups is 1. The number of nitrogens with zero attached hydrogens (tertiary/aromatic N) is 3. The molecule has 0 bridgehead atoms. The Hall–Kier alpha value is -3.45. The van der Waals surface area contributed by atoms with Gasteiger partial charge in [-0.05, 0) is 49.1 Å². The standard InChI is InChI=1S/C26H26N4O2S/c1-17-18(2)33-25-24(17)26(32)30(16-27-25)14-12-23(31)28-21-9-5-3-8-20(21)15-29-13-11-19-7-4-6-10-22(19)29/h3-10,16H,11-15H2,1-2H3,(H,28,31). The summed E-state index contributed by atoms with van der Waals surface area (Å²) in [5, 5.41) is 3.72. The highest BCUT2D eigenvalue weighted by molar-refractivity contribution is 7.18. The predicted molar refractivity (Wildman–Crippen MR) is 134 cm³/mol. The highest BCUT2D eigenvalue weighted by Gasteiger charge is 2.20. The molecule has 0 atom stereocenters. The van der Waals surface area contributed by atoms with E-state index in [1.165, 1.54) is 27.2 Å². The fourth-order valence-electron chi connectivity index (χ4n) is 4.42. The third kappa shape index (κ3) is 4.16. The second-order valence-corrected chi connectivity index (χ2v) is 9.67. The topological polar surface area (TPSA) is 67.2 Å². The van der Waals surface area contributed by atoms with Crippen LogP contribution in [-0.2, 0) is 24.3 Å². The van der Waals surface area contributed by atoms with Gasteiger partial charge in [0.1, 0.15) is 4.83 Å². The number of anilines is 2. The van der Waals surface area contributed by atoms with Crippen molar-refractivity contribution in [1.29, 1.82) is 0 Å². The maximum atomic E-state index is 12.9. The zero-order valence-corrected chi connectivity index (χ0v) is 19.6. The molecule has 3 heterocycles. The summed E-state index contributed by atoms with van der Waals surface area (Å²) in [5.74, 6) is -0.116. The fraction of sp³-hybridized carbons (Fsp3) is 0.269. The van der Waals surface area contributed by atoms with Gasteiger partial charge in [0.2, 0.25) is 5.91 Å². The molecule has 4 aromatic rings. The number of benzene rings is 2. The molecule has 1 amide bonds. The summed E-state index contributed by atoms with van der Waals surface area (Å²) in [7, 11) is 0. The number of aromatic nitrogens is 2. The average molecular weight is 459 g/mol. The Balaban J connectivity index is 1.28. The first-order valence-corrected chi connectivity index (χ1v) is 12.0. The Kier molecular flexibility index (Phi) is 5.72. The second-order valence-electron chi connectivity index (χ2n) is 8.46. The van der Waals surface area contributed by atoms with Crippen molar-refractivity contribution in [1.82, 2.24) is 9.55 Å². The van der Waals surface area contributed by atoms with Crippen molar-refractivity contribution in [2.75, 3.05) is 16.8 Å². The van der Waals surface area contributed by atoms with Crippen LogP contribution in [0.5, 0.6) is 0 Å². The lowest BCUT2D eigenvalue weighted by atomic mass is 10.1. The molecule has 2 aromatic heterocycles. The Bertz CT molecular complexity index is 1410. The van der Waals surface area contributed by atoms with E-state index in [4.69, 9.17) is 0 Å². The van der Waals surface area contributed by atoms with Crippen LogP contribution in [0.3, 0.4) is 0 Å². The van der Waals surface area contributed by atoms with Gasteiger partial charge in [-0.25, -0.2) is 4.98 Å². The van der Waals surface area contributed by atoms with E-state index in [9.17, 15) is 9.59 Å². The highest BCUT2D eigenvalue weighted by Crippen LogP contribution is 2.30. The van der Waals surface area contributed by atoms with Crippen LogP contribution in [-0.4, -0.2) is 22.0 Å². The highest BCUT2D eigenvalue weighted by atomic mass is 32.1. The third-order valence-electron chi connectivity index (χ3n) is 6.37. The normalized spacial score (nSPS) is 12.8. The molecule has 1 aliphatic rings. The van der Waals surface area contributed by atoms with Gasteiger partial charge in [-0.3, -0.25) is 14.2 Å². The molecule has 1 N–H and O–H groups in total. The van der Waals surface area contributed by atoms with E-state index in [1.807, 2.05) is 32.0 Å². The zero-order chi connectivity index (χ0) is 22.9. The van der Waals surface area contributed by atoms with Gasteiger partial charge in [-0.15, -0.1) is 11.3 Å². The quantitative estimate of drug-likeness (QED) is 0.456. The van der Waals surface area contributed by atoms with Crippen LogP contribution in [0.1, 0.15) is 28.0 Å². The first kappa shape index (κ1) is 21.4. The molecule has 6 nitrogen and oxygen atoms in total. The number of amides is 1. The van der Waals surface area contributed by atoms with Crippen LogP contribution in [0.15, 0.2) is 59.7 Å². The minimum atomic E-state index is -0.116. The smallest absolute Gasteiger partial charge is 0.262 e. The molecule has 7 heteroatoms. The van der Waals surface area contributed by atoms with Gasteiger partial charge in [0.15, 0.2) is 0 Å². The van der Waals surface area contributed by atoms with Crippen molar-refractivity contribution in [2.24, 2.45) is 0 Å². The van der Waals surface area contributed by atoms with Crippen molar-refractivity contribution in [2.45, 2.75) is 39.8 Å². The largest absolute Gasteiger partial charge is 0.367 e. The van der Waals surface area contributed by atoms with Crippen molar-refractivity contribution in [3.05, 3.63) is 86.8 Å². The number of nitrogens with one attached hydrogen (secondary N) is 1. The Labute approximate surface area is 196 Å². The van der Waals surface area contributed by atoms with E-state index in [-0.39, 0.29) is 17.9 Å². The summed E-state index contributed by atoms with van der Waals surface area (Å²) in [4.78, 5) is 34.3. The lowest BCUT2D eigenvalue weighted by Crippen LogP contribution is -2.24. The SMILES string of the molecule is Cc1sc2ncn(CCC(=O)Nc3ccccc3CN3CCc4ccccc43)c(=O)c2c1C. The molecule has 0 unspecified atom stereocenters. The Morgan fingerprint density at radius 2 is 1.91 bits per heavy atom. The summed E-state index contributed by atoms with van der Waals surface area (Å²) < 4.78 is 1.54. The number of hydrogen-bond donors (Lipinski definition) is 1. The summed E-state index contributed by atoms with van der Waals surface area (Å²) in [6, 6.07) is 16.4. The molecule has 0 fully saturated rings. The Morgan fingerprint density at radius 1 is 1.12 bits per heavy atom. The van der Waals surface area contributed by atoms with Crippen molar-refractivity contribution in [3.8, 4) is 0 Å². The number of thiophene rings is 1. The number of fused-ring (bicyclic) bond motifs is 2. The minimum absolute atomic E-state index is 0.0808. The van der Waals surface area contributed by atoms with Gasteiger partial charge < -0.3 is 10.2 Å². The third-order valence-corrected chi connectivity index (χ3v) is 7.49. The summed E-state index contributed by atoms with van der Waals surface area (Å²) in [6.07, 6.45) is 2.79. The second kappa shape index (κ2) is 8.83. The molecule has 5 rings (SSSR count). The van der Waals surface area contributed by atoms with Crippen LogP contribution in [0.2, 0.25) is 0 Å². The number of rotatable bonds is 6. The maximum absolute atomic E-state index is 12.9. The van der Waals surface area contributed by atoms with Gasteiger partial charge in [0.05, 0.1) is 11.7 Å². The van der Waals surface area contributed by atoms with Gasteiger partial charge >= 0.3 is 0 Å². The summed E-state index contributed by atoms with van der Waals surface area (Å²) in [5.41, 5.74) is 5.42. The average Bonchev–Trinajstić information content (AvgIpc) is 3.35. The molecule has 1 aliphatic heterocycles. The molecule has 33 heavy (non-hydrogen) atoms. The van der Waals surface area contributed by atoms with E-state index in [2.05, 4.69) is 45.5 Å². The lowest BCUT2D eigenvalue weighted by molar-refractivity contribution is -0.116. The summed E-state index contributed by atoms with van der Waals surface area (Å²) >= 11 is 1.53. The minimum Gasteiger partial charge on any atom is -0.367 e. The van der Waals surface area contributed by atoms with E-state index >= 15 is 0 Å². The summed E-state index contributed by atoms with van der Waals surface area (Å²) in [6.45, 7) is 5.95. The zero-order valence-electron chi connectivity index (χ0n) is 18.8. The molecule has 0 aliphatic carbocycles. The van der Waals surface area contributed by atoms with Crippen LogP contribution < -0.4 is 15.8 Å². The molecule has 168 valence electrons. The lowest BCUT2D eigenvalue weighted by Gasteiger charge is -2.21. The molecule has 0 saturated carbocycles. The predicted octanol–water partition coefficient (Wildman–Crippen LogP) is 4.67. The first-order valence-electron chi connectivity index (χ1n) is 11.2. The van der Waals surface area contributed by atoms with E-state index in [1.54, 1.807) is 6.33 Å². The van der Waals surface area contributed by atoms with E-state index in [0.29, 0.717) is 11.9 Å². The first-order chi connectivity index (χ1) is 16.0. The van der Waals surface area contributed by atoms with Gasteiger partial charge in [0, 0.05) is 42.3 Å². The van der Waals surface area contributed by atoms with Gasteiger partial charge in [-0.1, -0.05) is 36.4 Å². The molecule has 2 aromatic carbocycles. The van der Waals surface area contributed by atoms with Gasteiger partial charge in [0.25, 0.3) is 5.56 Å². The molecular formula is C26H26N4O2S. The van der Waals surface area contributed by atoms with Crippen molar-refractivity contribution >= 4 is 38.8 Å². The molecule has 0 saturated heterocycles. The number of carbonyl (C=O) groups excluding carboxylic acids is 1. The molecule has 0 spiro atoms.